The van der Waals surface area contributed by atoms with Gasteiger partial charge in [-0.25, -0.2) is 9.59 Å². The average Bonchev–Trinajstić information content (AvgIpc) is 2.21. The minimum atomic E-state index is -2.26. The Morgan fingerprint density at radius 3 is 1.61 bits per heavy atom. The van der Waals surface area contributed by atoms with E-state index < -0.39 is 20.3 Å². The van der Waals surface area contributed by atoms with Gasteiger partial charge in [-0.05, 0) is 16.6 Å². The van der Waals surface area contributed by atoms with Gasteiger partial charge in [0.2, 0.25) is 0 Å². The van der Waals surface area contributed by atoms with E-state index in [1.165, 1.54) is 0 Å². The molecule has 4 nitrogen and oxygen atoms in total. The molecule has 0 aromatic carbocycles. The van der Waals surface area contributed by atoms with Crippen LogP contribution in [0.2, 0.25) is 16.6 Å². The molecule has 0 aliphatic heterocycles. The molecule has 5 heteroatoms. The van der Waals surface area contributed by atoms with E-state index >= 15 is 0 Å². The Hall–Kier alpha value is -1.10. The maximum absolute atomic E-state index is 11.7. The molecular formula is C13H24O4Si. The molecule has 0 unspecified atom stereocenters. The van der Waals surface area contributed by atoms with Gasteiger partial charge in [-0.15, -0.1) is 0 Å². The number of aliphatic carboxylic acids is 1. The molecule has 0 aromatic rings. The molecule has 0 rings (SSSR count). The third-order valence-electron chi connectivity index (χ3n) is 3.35. The highest BCUT2D eigenvalue weighted by Gasteiger charge is 2.47. The second-order valence-corrected chi connectivity index (χ2v) is 10.8. The summed E-state index contributed by atoms with van der Waals surface area (Å²) in [7, 11) is -2.26. The lowest BCUT2D eigenvalue weighted by molar-refractivity contribution is -0.133. The van der Waals surface area contributed by atoms with E-state index in [1.807, 2.05) is 0 Å². The summed E-state index contributed by atoms with van der Waals surface area (Å²) in [5, 5.41) is 8.50. The second-order valence-electron chi connectivity index (χ2n) is 5.41. The molecule has 0 heterocycles. The maximum atomic E-state index is 11.7. The molecule has 0 saturated heterocycles. The molecule has 0 fully saturated rings. The minimum absolute atomic E-state index is 0.291. The van der Waals surface area contributed by atoms with Gasteiger partial charge in [0, 0.05) is 12.2 Å². The van der Waals surface area contributed by atoms with Crippen molar-refractivity contribution >= 4 is 20.3 Å². The van der Waals surface area contributed by atoms with Gasteiger partial charge >= 0.3 is 11.9 Å². The van der Waals surface area contributed by atoms with Crippen molar-refractivity contribution in [3.05, 3.63) is 12.2 Å². The van der Waals surface area contributed by atoms with E-state index in [2.05, 4.69) is 41.5 Å². The highest BCUT2D eigenvalue weighted by atomic mass is 28.4. The van der Waals surface area contributed by atoms with Crippen molar-refractivity contribution in [3.63, 3.8) is 0 Å². The van der Waals surface area contributed by atoms with Gasteiger partial charge in [0.15, 0.2) is 0 Å². The smallest absolute Gasteiger partial charge is 0.328 e. The van der Waals surface area contributed by atoms with E-state index in [-0.39, 0.29) is 0 Å². The number of carbonyl (C=O) groups excluding carboxylic acids is 1. The van der Waals surface area contributed by atoms with Gasteiger partial charge in [0.05, 0.1) is 0 Å². The van der Waals surface area contributed by atoms with E-state index in [9.17, 15) is 9.59 Å². The zero-order valence-electron chi connectivity index (χ0n) is 12.1. The third kappa shape index (κ3) is 3.98. The van der Waals surface area contributed by atoms with Crippen LogP contribution < -0.4 is 0 Å². The molecule has 1 N–H and O–H groups in total. The first kappa shape index (κ1) is 16.9. The Morgan fingerprint density at radius 2 is 1.33 bits per heavy atom. The minimum Gasteiger partial charge on any atom is -0.515 e. The number of carbonyl (C=O) groups is 2. The predicted octanol–water partition coefficient (Wildman–Crippen LogP) is 3.35. The van der Waals surface area contributed by atoms with Crippen molar-refractivity contribution in [2.45, 2.75) is 58.2 Å². The number of hydrogen-bond donors (Lipinski definition) is 1. The summed E-state index contributed by atoms with van der Waals surface area (Å²) in [6.45, 7) is 12.4. The number of hydrogen-bond acceptors (Lipinski definition) is 3. The van der Waals surface area contributed by atoms with Crippen molar-refractivity contribution in [3.8, 4) is 0 Å². The molecule has 0 spiro atoms. The third-order valence-corrected chi connectivity index (χ3v) is 9.32. The van der Waals surface area contributed by atoms with Crippen LogP contribution in [0.25, 0.3) is 0 Å². The van der Waals surface area contributed by atoms with Crippen LogP contribution in [0.1, 0.15) is 41.5 Å². The zero-order chi connectivity index (χ0) is 14.5. The fraction of sp³-hybridized carbons (Fsp3) is 0.692. The van der Waals surface area contributed by atoms with Crippen LogP contribution >= 0.6 is 0 Å². The van der Waals surface area contributed by atoms with Gasteiger partial charge in [-0.2, -0.15) is 0 Å². The molecule has 0 aromatic heterocycles. The molecule has 0 aliphatic rings. The van der Waals surface area contributed by atoms with Gasteiger partial charge in [0.1, 0.15) is 0 Å². The molecule has 0 saturated carbocycles. The number of carboxylic acid groups (broad SMARTS) is 1. The Bertz CT molecular complexity index is 310. The highest BCUT2D eigenvalue weighted by Crippen LogP contribution is 2.42. The molecule has 0 aliphatic carbocycles. The lowest BCUT2D eigenvalue weighted by Crippen LogP contribution is -2.49. The van der Waals surface area contributed by atoms with Gasteiger partial charge in [-0.1, -0.05) is 41.5 Å². The molecule has 18 heavy (non-hydrogen) atoms. The van der Waals surface area contributed by atoms with Crippen molar-refractivity contribution < 1.29 is 19.1 Å². The second kappa shape index (κ2) is 6.73. The Balaban J connectivity index is 5.13. The standard InChI is InChI=1S/C13H24O4Si/c1-9(2)18(10(3)4,11(5)6)17-13(16)8-7-12(14)15/h7-11H,1-6H3,(H,14,15)/b8-7+. The molecule has 0 amide bonds. The number of rotatable bonds is 6. The lowest BCUT2D eigenvalue weighted by Gasteiger charge is -2.40. The molecule has 0 radical (unpaired) electrons. The van der Waals surface area contributed by atoms with Crippen LogP contribution in [0, 0.1) is 0 Å². The summed E-state index contributed by atoms with van der Waals surface area (Å²) in [5.74, 6) is -1.68. The van der Waals surface area contributed by atoms with E-state index in [1.54, 1.807) is 0 Å². The summed E-state index contributed by atoms with van der Waals surface area (Å²) in [6, 6.07) is 0. The van der Waals surface area contributed by atoms with Crippen LogP contribution in [0.3, 0.4) is 0 Å². The van der Waals surface area contributed by atoms with E-state index in [0.29, 0.717) is 16.6 Å². The van der Waals surface area contributed by atoms with Gasteiger partial charge < -0.3 is 9.53 Å². The summed E-state index contributed by atoms with van der Waals surface area (Å²) >= 11 is 0. The largest absolute Gasteiger partial charge is 0.515 e. The quantitative estimate of drug-likeness (QED) is 0.595. The monoisotopic (exact) mass is 272 g/mol. The lowest BCUT2D eigenvalue weighted by atomic mass is 10.5. The highest BCUT2D eigenvalue weighted by molar-refractivity contribution is 6.79. The zero-order valence-corrected chi connectivity index (χ0v) is 13.1. The average molecular weight is 272 g/mol. The van der Waals surface area contributed by atoms with Crippen molar-refractivity contribution in [2.75, 3.05) is 0 Å². The molecule has 0 atom stereocenters. The summed E-state index contributed by atoms with van der Waals surface area (Å²) < 4.78 is 5.72. The first-order chi connectivity index (χ1) is 8.14. The first-order valence-corrected chi connectivity index (χ1v) is 8.42. The fourth-order valence-corrected chi connectivity index (χ4v) is 7.82. The van der Waals surface area contributed by atoms with Crippen LogP contribution in [0.5, 0.6) is 0 Å². The Kier molecular flexibility index (Phi) is 6.32. The Labute approximate surface area is 110 Å². The predicted molar refractivity (Wildman–Crippen MR) is 73.9 cm³/mol. The van der Waals surface area contributed by atoms with Gasteiger partial charge in [-0.3, -0.25) is 0 Å². The van der Waals surface area contributed by atoms with Crippen molar-refractivity contribution in [1.29, 1.82) is 0 Å². The summed E-state index contributed by atoms with van der Waals surface area (Å²) in [6.07, 6.45) is 1.82. The van der Waals surface area contributed by atoms with Crippen LogP contribution in [-0.2, 0) is 14.0 Å². The summed E-state index contributed by atoms with van der Waals surface area (Å²) in [5.41, 5.74) is 0.874. The van der Waals surface area contributed by atoms with Crippen LogP contribution in [0.4, 0.5) is 0 Å². The SMILES string of the molecule is CC(C)[Si](OC(=O)/C=C/C(=O)O)(C(C)C)C(C)C. The normalized spacial score (nSPS) is 12.7. The summed E-state index contributed by atoms with van der Waals surface area (Å²) in [4.78, 5) is 22.1. The van der Waals surface area contributed by atoms with Gasteiger partial charge in [0.25, 0.3) is 8.32 Å². The fourth-order valence-electron chi connectivity index (χ4n) is 2.70. The van der Waals surface area contributed by atoms with E-state index in [4.69, 9.17) is 9.53 Å². The van der Waals surface area contributed by atoms with Crippen LogP contribution in [-0.4, -0.2) is 25.4 Å². The van der Waals surface area contributed by atoms with Crippen LogP contribution in [0.15, 0.2) is 12.2 Å². The van der Waals surface area contributed by atoms with E-state index in [0.717, 1.165) is 12.2 Å². The molecule has 0 bridgehead atoms. The Morgan fingerprint density at radius 1 is 0.944 bits per heavy atom. The first-order valence-electron chi connectivity index (χ1n) is 6.28. The maximum Gasteiger partial charge on any atom is 0.328 e. The van der Waals surface area contributed by atoms with Crippen molar-refractivity contribution in [2.24, 2.45) is 0 Å². The topological polar surface area (TPSA) is 63.6 Å². The van der Waals surface area contributed by atoms with Crippen molar-refractivity contribution in [1.82, 2.24) is 0 Å². The molecule has 104 valence electrons. The number of carboxylic acids is 1. The molecular weight excluding hydrogens is 248 g/mol.